The third kappa shape index (κ3) is 4.95. The maximum atomic E-state index is 11.7. The van der Waals surface area contributed by atoms with E-state index in [-0.39, 0.29) is 24.8 Å². The third-order valence-electron chi connectivity index (χ3n) is 2.39. The minimum atomic E-state index is -0.316. The van der Waals surface area contributed by atoms with Crippen molar-refractivity contribution in [1.29, 1.82) is 0 Å². The van der Waals surface area contributed by atoms with Crippen LogP contribution in [0.3, 0.4) is 0 Å². The van der Waals surface area contributed by atoms with Crippen LogP contribution in [0.1, 0.15) is 23.7 Å². The van der Waals surface area contributed by atoms with Gasteiger partial charge in [0.2, 0.25) is 0 Å². The Balaban J connectivity index is 2.43. The molecule has 1 rings (SSSR count). The normalized spacial score (nSPS) is 9.84. The summed E-state index contributed by atoms with van der Waals surface area (Å²) in [6.07, 6.45) is 1.68. The molecule has 6 nitrogen and oxygen atoms in total. The molecule has 1 heterocycles. The first-order valence-electron chi connectivity index (χ1n) is 6.11. The molecule has 6 heteroatoms. The number of ether oxygens (including phenoxy) is 1. The number of anilines is 1. The van der Waals surface area contributed by atoms with E-state index in [9.17, 15) is 9.59 Å². The standard InChI is InChI=1S/C13H19N3O3/c1-4-19-12(17)7-8-14-13(18)10-5-6-11(15-9-10)16(2)3/h5-6,9H,4,7-8H2,1-3H3,(H,14,18). The molecule has 19 heavy (non-hydrogen) atoms. The van der Waals surface area contributed by atoms with Crippen molar-refractivity contribution in [1.82, 2.24) is 10.3 Å². The van der Waals surface area contributed by atoms with E-state index in [2.05, 4.69) is 10.3 Å². The minimum Gasteiger partial charge on any atom is -0.466 e. The highest BCUT2D eigenvalue weighted by molar-refractivity contribution is 5.94. The van der Waals surface area contributed by atoms with Crippen LogP contribution in [-0.2, 0) is 9.53 Å². The summed E-state index contributed by atoms with van der Waals surface area (Å²) in [4.78, 5) is 28.8. The van der Waals surface area contributed by atoms with E-state index in [0.29, 0.717) is 12.2 Å². The lowest BCUT2D eigenvalue weighted by molar-refractivity contribution is -0.142. The zero-order chi connectivity index (χ0) is 14.3. The maximum absolute atomic E-state index is 11.7. The third-order valence-corrected chi connectivity index (χ3v) is 2.39. The summed E-state index contributed by atoms with van der Waals surface area (Å²) in [7, 11) is 3.75. The van der Waals surface area contributed by atoms with Crippen LogP contribution < -0.4 is 10.2 Å². The highest BCUT2D eigenvalue weighted by Crippen LogP contribution is 2.07. The summed E-state index contributed by atoms with van der Waals surface area (Å²) in [5, 5.41) is 2.64. The average molecular weight is 265 g/mol. The van der Waals surface area contributed by atoms with Crippen molar-refractivity contribution in [3.63, 3.8) is 0 Å². The fraction of sp³-hybridized carbons (Fsp3) is 0.462. The molecule has 0 radical (unpaired) electrons. The zero-order valence-electron chi connectivity index (χ0n) is 11.5. The quantitative estimate of drug-likeness (QED) is 0.771. The Kier molecular flexibility index (Phi) is 5.78. The molecule has 0 atom stereocenters. The van der Waals surface area contributed by atoms with Gasteiger partial charge in [0.1, 0.15) is 5.82 Å². The summed E-state index contributed by atoms with van der Waals surface area (Å²) >= 11 is 0. The molecule has 0 bridgehead atoms. The summed E-state index contributed by atoms with van der Waals surface area (Å²) in [5.74, 6) is 0.217. The fourth-order valence-electron chi connectivity index (χ4n) is 1.40. The van der Waals surface area contributed by atoms with E-state index in [0.717, 1.165) is 5.82 Å². The zero-order valence-corrected chi connectivity index (χ0v) is 11.5. The highest BCUT2D eigenvalue weighted by atomic mass is 16.5. The molecule has 0 saturated heterocycles. The lowest BCUT2D eigenvalue weighted by atomic mass is 10.2. The van der Waals surface area contributed by atoms with Gasteiger partial charge in [-0.3, -0.25) is 9.59 Å². The minimum absolute atomic E-state index is 0.169. The van der Waals surface area contributed by atoms with Crippen molar-refractivity contribution in [3.05, 3.63) is 23.9 Å². The topological polar surface area (TPSA) is 71.5 Å². The lowest BCUT2D eigenvalue weighted by Crippen LogP contribution is -2.26. The van der Waals surface area contributed by atoms with Gasteiger partial charge in [-0.05, 0) is 19.1 Å². The Morgan fingerprint density at radius 1 is 1.37 bits per heavy atom. The van der Waals surface area contributed by atoms with Crippen LogP contribution in [0, 0.1) is 0 Å². The predicted octanol–water partition coefficient (Wildman–Crippen LogP) is 0.831. The monoisotopic (exact) mass is 265 g/mol. The van der Waals surface area contributed by atoms with E-state index in [1.807, 2.05) is 19.0 Å². The highest BCUT2D eigenvalue weighted by Gasteiger charge is 2.08. The summed E-state index contributed by atoms with van der Waals surface area (Å²) in [5.41, 5.74) is 0.467. The molecule has 0 aliphatic rings. The van der Waals surface area contributed by atoms with Gasteiger partial charge in [0, 0.05) is 26.8 Å². The molecule has 0 fully saturated rings. The summed E-state index contributed by atoms with van der Waals surface area (Å²) in [6, 6.07) is 3.46. The molecule has 1 N–H and O–H groups in total. The van der Waals surface area contributed by atoms with E-state index in [4.69, 9.17) is 4.74 Å². The number of rotatable bonds is 6. The van der Waals surface area contributed by atoms with Gasteiger partial charge in [-0.1, -0.05) is 0 Å². The lowest BCUT2D eigenvalue weighted by Gasteiger charge is -2.11. The molecule has 0 spiro atoms. The fourth-order valence-corrected chi connectivity index (χ4v) is 1.40. The Morgan fingerprint density at radius 2 is 2.11 bits per heavy atom. The number of carbonyl (C=O) groups is 2. The van der Waals surface area contributed by atoms with E-state index in [1.165, 1.54) is 6.20 Å². The first-order chi connectivity index (χ1) is 9.04. The van der Waals surface area contributed by atoms with Crippen molar-refractivity contribution < 1.29 is 14.3 Å². The largest absolute Gasteiger partial charge is 0.466 e. The molecule has 0 unspecified atom stereocenters. The van der Waals surface area contributed by atoms with Gasteiger partial charge in [-0.25, -0.2) is 4.98 Å². The van der Waals surface area contributed by atoms with Gasteiger partial charge in [0.15, 0.2) is 0 Å². The molecular formula is C13H19N3O3. The van der Waals surface area contributed by atoms with Crippen molar-refractivity contribution in [2.75, 3.05) is 32.1 Å². The average Bonchev–Trinajstić information content (AvgIpc) is 2.39. The van der Waals surface area contributed by atoms with Crippen LogP contribution in [0.4, 0.5) is 5.82 Å². The van der Waals surface area contributed by atoms with Crippen LogP contribution in [0.5, 0.6) is 0 Å². The van der Waals surface area contributed by atoms with Crippen molar-refractivity contribution >= 4 is 17.7 Å². The van der Waals surface area contributed by atoms with Gasteiger partial charge < -0.3 is 15.0 Å². The molecule has 0 saturated carbocycles. The number of esters is 1. The number of hydrogen-bond acceptors (Lipinski definition) is 5. The Bertz CT molecular complexity index is 429. The number of carbonyl (C=O) groups excluding carboxylic acids is 2. The molecule has 104 valence electrons. The summed E-state index contributed by atoms with van der Waals surface area (Å²) < 4.78 is 4.76. The van der Waals surface area contributed by atoms with Crippen molar-refractivity contribution in [2.45, 2.75) is 13.3 Å². The van der Waals surface area contributed by atoms with Gasteiger partial charge >= 0.3 is 5.97 Å². The van der Waals surface area contributed by atoms with Gasteiger partial charge in [-0.2, -0.15) is 0 Å². The predicted molar refractivity (Wildman–Crippen MR) is 72.1 cm³/mol. The Labute approximate surface area is 112 Å². The van der Waals surface area contributed by atoms with Crippen LogP contribution in [0.25, 0.3) is 0 Å². The van der Waals surface area contributed by atoms with Gasteiger partial charge in [0.25, 0.3) is 5.91 Å². The van der Waals surface area contributed by atoms with Crippen molar-refractivity contribution in [3.8, 4) is 0 Å². The molecule has 0 aliphatic carbocycles. The molecular weight excluding hydrogens is 246 g/mol. The molecule has 0 aliphatic heterocycles. The molecule has 1 amide bonds. The first kappa shape index (κ1) is 14.9. The van der Waals surface area contributed by atoms with Gasteiger partial charge in [-0.15, -0.1) is 0 Å². The molecule has 1 aromatic heterocycles. The van der Waals surface area contributed by atoms with Crippen LogP contribution in [-0.4, -0.2) is 44.1 Å². The maximum Gasteiger partial charge on any atom is 0.307 e. The molecule has 0 aromatic carbocycles. The first-order valence-corrected chi connectivity index (χ1v) is 6.11. The van der Waals surface area contributed by atoms with Gasteiger partial charge in [0.05, 0.1) is 18.6 Å². The summed E-state index contributed by atoms with van der Waals surface area (Å²) in [6.45, 7) is 2.35. The van der Waals surface area contributed by atoms with Crippen LogP contribution in [0.15, 0.2) is 18.3 Å². The number of amides is 1. The van der Waals surface area contributed by atoms with Crippen LogP contribution >= 0.6 is 0 Å². The van der Waals surface area contributed by atoms with Crippen LogP contribution in [0.2, 0.25) is 0 Å². The van der Waals surface area contributed by atoms with Crippen molar-refractivity contribution in [2.24, 2.45) is 0 Å². The second kappa shape index (κ2) is 7.35. The van der Waals surface area contributed by atoms with E-state index >= 15 is 0 Å². The van der Waals surface area contributed by atoms with E-state index in [1.54, 1.807) is 19.1 Å². The Hall–Kier alpha value is -2.11. The number of pyridine rings is 1. The SMILES string of the molecule is CCOC(=O)CCNC(=O)c1ccc(N(C)C)nc1. The van der Waals surface area contributed by atoms with E-state index < -0.39 is 0 Å². The number of nitrogens with zero attached hydrogens (tertiary/aromatic N) is 2. The number of aromatic nitrogens is 1. The second-order valence-corrected chi connectivity index (χ2v) is 4.11. The number of nitrogens with one attached hydrogen (secondary N) is 1. The molecule has 1 aromatic rings. The second-order valence-electron chi connectivity index (χ2n) is 4.11. The number of hydrogen-bond donors (Lipinski definition) is 1. The Morgan fingerprint density at radius 3 is 2.63 bits per heavy atom. The smallest absolute Gasteiger partial charge is 0.307 e.